The average molecular weight is 1140 g/mol. The van der Waals surface area contributed by atoms with E-state index in [-0.39, 0.29) is 26.0 Å². The molecule has 347 valence electrons. The van der Waals surface area contributed by atoms with Gasteiger partial charge in [0.05, 0.1) is 33.8 Å². The molecule has 0 bridgehead atoms. The van der Waals surface area contributed by atoms with Crippen molar-refractivity contribution in [3.05, 3.63) is 186 Å². The van der Waals surface area contributed by atoms with E-state index < -0.39 is 13.3 Å². The molecule has 11 rings (SSSR count). The second-order valence-electron chi connectivity index (χ2n) is 20.1. The van der Waals surface area contributed by atoms with E-state index in [1.807, 2.05) is 18.2 Å². The van der Waals surface area contributed by atoms with Crippen LogP contribution < -0.4 is 4.40 Å². The van der Waals surface area contributed by atoms with Crippen molar-refractivity contribution in [2.45, 2.75) is 78.1 Å². The van der Waals surface area contributed by atoms with Gasteiger partial charge >= 0.3 is 126 Å². The molecule has 0 atom stereocenters. The van der Waals surface area contributed by atoms with Crippen LogP contribution >= 0.6 is 0 Å². The summed E-state index contributed by atoms with van der Waals surface area (Å²) in [6.07, 6.45) is 3.27. The van der Waals surface area contributed by atoms with Crippen LogP contribution in [0.5, 0.6) is 0 Å². The minimum absolute atomic E-state index is 0. The molecule has 0 fully saturated rings. The molecule has 1 radical (unpaired) electrons. The third-order valence-electron chi connectivity index (χ3n) is 13.3. The van der Waals surface area contributed by atoms with Crippen molar-refractivity contribution in [1.29, 1.82) is 0 Å². The fourth-order valence-corrected chi connectivity index (χ4v) is 13.6. The molecule has 7 heteroatoms. The number of imidazole rings is 1. The molecule has 4 heterocycles. The molecular formula is C62H58GeIrN4O-2. The van der Waals surface area contributed by atoms with Crippen LogP contribution in [-0.4, -0.2) is 32.8 Å². The van der Waals surface area contributed by atoms with Crippen LogP contribution in [0.2, 0.25) is 17.3 Å². The van der Waals surface area contributed by atoms with Gasteiger partial charge in [-0.2, -0.15) is 0 Å². The summed E-state index contributed by atoms with van der Waals surface area (Å²) in [6, 6.07) is 55.9. The number of benzene rings is 7. The van der Waals surface area contributed by atoms with E-state index in [1.54, 1.807) is 4.40 Å². The molecule has 0 aliphatic rings. The summed E-state index contributed by atoms with van der Waals surface area (Å²) in [6.45, 7) is 15.5. The molecule has 5 nitrogen and oxygen atoms in total. The zero-order valence-electron chi connectivity index (χ0n) is 41.2. The molecule has 0 spiro atoms. The summed E-state index contributed by atoms with van der Waals surface area (Å²) in [7, 11) is 0. The maximum atomic E-state index is 6.79. The molecule has 0 amide bonds. The standard InChI is InChI=1S/C44H34N3O.C18H24GeN.Ir/c1-25(2)38-31-17-8-6-15-29(31)30-16-7-9-18-32(30)41(38)47-37-20-11-10-19-35(37)45-43(47)34-22-21-28(5)40-33-23-24-36(46-44(33)48-42(34)40)39-26(3)13-12-14-27(39)4;1-14(2)11-16-12-18(15-9-7-6-8-10-15)20-13-17(16)19(3,4)5;/h6-21,23-25H,1-5H3;6-9,12-14H,11H2,1-5H3;/q2*-1;. The van der Waals surface area contributed by atoms with Crippen LogP contribution in [0, 0.1) is 38.8 Å². The Labute approximate surface area is 422 Å². The van der Waals surface area contributed by atoms with Gasteiger partial charge in [0, 0.05) is 36.4 Å². The van der Waals surface area contributed by atoms with Gasteiger partial charge in [-0.25, -0.2) is 4.98 Å². The molecule has 0 aliphatic heterocycles. The van der Waals surface area contributed by atoms with Gasteiger partial charge in [-0.1, -0.05) is 111 Å². The van der Waals surface area contributed by atoms with E-state index in [2.05, 4.69) is 210 Å². The van der Waals surface area contributed by atoms with Gasteiger partial charge in [0.25, 0.3) is 0 Å². The molecule has 69 heavy (non-hydrogen) atoms. The minimum Gasteiger partial charge on any atom is -0.486 e. The monoisotopic (exact) mass is 1140 g/mol. The molecule has 0 N–H and O–H groups in total. The second kappa shape index (κ2) is 19.3. The summed E-state index contributed by atoms with van der Waals surface area (Å²) < 4.78 is 10.7. The Bertz CT molecular complexity index is 3670. The van der Waals surface area contributed by atoms with Gasteiger partial charge in [0.1, 0.15) is 0 Å². The third kappa shape index (κ3) is 8.88. The number of hydrogen-bond donors (Lipinski definition) is 0. The quantitative estimate of drug-likeness (QED) is 0.0864. The predicted octanol–water partition coefficient (Wildman–Crippen LogP) is 16.1. The van der Waals surface area contributed by atoms with Crippen molar-refractivity contribution in [2.75, 3.05) is 0 Å². The summed E-state index contributed by atoms with van der Waals surface area (Å²) in [5, 5.41) is 6.98. The first-order valence-corrected chi connectivity index (χ1v) is 31.3. The molecular weight excluding hydrogens is 1080 g/mol. The number of para-hydroxylation sites is 2. The van der Waals surface area contributed by atoms with E-state index in [0.29, 0.717) is 11.6 Å². The van der Waals surface area contributed by atoms with Crippen LogP contribution in [0.3, 0.4) is 0 Å². The van der Waals surface area contributed by atoms with E-state index >= 15 is 0 Å². The Hall–Kier alpha value is -6.18. The fourth-order valence-electron chi connectivity index (χ4n) is 10.3. The van der Waals surface area contributed by atoms with E-state index in [9.17, 15) is 0 Å². The maximum Gasteiger partial charge on any atom is 0.216 e. The minimum atomic E-state index is -1.86. The smallest absolute Gasteiger partial charge is 0.216 e. The van der Waals surface area contributed by atoms with E-state index in [4.69, 9.17) is 19.4 Å². The van der Waals surface area contributed by atoms with E-state index in [0.717, 1.165) is 79.0 Å². The van der Waals surface area contributed by atoms with Gasteiger partial charge in [-0.05, 0) is 76.9 Å². The molecule has 0 saturated heterocycles. The number of nitrogens with zero attached hydrogens (tertiary/aromatic N) is 4. The number of aromatic nitrogens is 4. The van der Waals surface area contributed by atoms with Crippen molar-refractivity contribution in [1.82, 2.24) is 19.5 Å². The Balaban J connectivity index is 0.000000238. The second-order valence-corrected chi connectivity index (χ2v) is 30.7. The largest absolute Gasteiger partial charge is 0.486 e. The third-order valence-corrected chi connectivity index (χ3v) is 17.6. The van der Waals surface area contributed by atoms with Crippen LogP contribution in [0.15, 0.2) is 150 Å². The number of furan rings is 1. The van der Waals surface area contributed by atoms with Crippen LogP contribution in [-0.2, 0) is 26.5 Å². The van der Waals surface area contributed by atoms with Gasteiger partial charge in [-0.3, -0.25) is 4.98 Å². The molecule has 0 saturated carbocycles. The SMILES string of the molecule is CC(C)Cc1cc(-c2[c-]cccc2)nc[c]1[Ge]([CH3])([CH3])[CH3].Cc1cccc(C)c1-c1ccc2c(n1)oc1c(-c3nc4ccccc4n3-c3c(C(C)C)c4ccccc4c4ccccc34)[c-]cc(C)c12.[Ir]. The maximum absolute atomic E-state index is 6.79. The Morgan fingerprint density at radius 2 is 1.32 bits per heavy atom. The van der Waals surface area contributed by atoms with Crippen molar-refractivity contribution < 1.29 is 24.5 Å². The Morgan fingerprint density at radius 3 is 2.00 bits per heavy atom. The molecule has 11 aromatic rings. The number of hydrogen-bond acceptors (Lipinski definition) is 4. The van der Waals surface area contributed by atoms with Gasteiger partial charge in [-0.15, -0.1) is 17.7 Å². The molecule has 4 aromatic heterocycles. The number of aryl methyl sites for hydroxylation is 3. The first kappa shape index (κ1) is 47.9. The van der Waals surface area contributed by atoms with Crippen molar-refractivity contribution >= 4 is 72.3 Å². The molecule has 7 aromatic carbocycles. The van der Waals surface area contributed by atoms with Crippen LogP contribution in [0.25, 0.3) is 94.2 Å². The van der Waals surface area contributed by atoms with Crippen molar-refractivity contribution in [3.8, 4) is 39.6 Å². The average Bonchev–Trinajstić information content (AvgIpc) is 3.90. The first-order chi connectivity index (χ1) is 32.8. The van der Waals surface area contributed by atoms with Gasteiger partial charge < -0.3 is 8.98 Å². The predicted molar refractivity (Wildman–Crippen MR) is 289 cm³/mol. The van der Waals surface area contributed by atoms with E-state index in [1.165, 1.54) is 43.8 Å². The first-order valence-electron chi connectivity index (χ1n) is 24.0. The Morgan fingerprint density at radius 1 is 0.652 bits per heavy atom. The zero-order chi connectivity index (χ0) is 47.4. The summed E-state index contributed by atoms with van der Waals surface area (Å²) in [5.74, 6) is 9.05. The van der Waals surface area contributed by atoms with Gasteiger partial charge in [0.15, 0.2) is 0 Å². The van der Waals surface area contributed by atoms with Gasteiger partial charge in [0.2, 0.25) is 5.71 Å². The normalized spacial score (nSPS) is 11.8. The fraction of sp³-hybridized carbons (Fsp3) is 0.210. The van der Waals surface area contributed by atoms with Crippen molar-refractivity contribution in [2.24, 2.45) is 5.92 Å². The summed E-state index contributed by atoms with van der Waals surface area (Å²) in [4.78, 5) is 15.1. The number of pyridine rings is 2. The summed E-state index contributed by atoms with van der Waals surface area (Å²) in [5.41, 5.74) is 15.8. The molecule has 0 unspecified atom stereocenters. The number of fused-ring (bicyclic) bond motifs is 7. The molecule has 0 aliphatic carbocycles. The Kier molecular flexibility index (Phi) is 13.4. The van der Waals surface area contributed by atoms with Crippen LogP contribution in [0.4, 0.5) is 0 Å². The van der Waals surface area contributed by atoms with Crippen LogP contribution in [0.1, 0.15) is 61.4 Å². The zero-order valence-corrected chi connectivity index (χ0v) is 45.7. The number of rotatable bonds is 8. The van der Waals surface area contributed by atoms with Crippen molar-refractivity contribution in [3.63, 3.8) is 0 Å². The topological polar surface area (TPSA) is 56.7 Å². The summed E-state index contributed by atoms with van der Waals surface area (Å²) >= 11 is -1.86.